The SMILES string of the molecule is Cc1ccc(C2=CC=C(C#N)C=C(c3c(C)cccc3C#N)C2)cc1. The van der Waals surface area contributed by atoms with Crippen LogP contribution in [-0.4, -0.2) is 0 Å². The van der Waals surface area contributed by atoms with E-state index in [-0.39, 0.29) is 0 Å². The van der Waals surface area contributed by atoms with E-state index < -0.39 is 0 Å². The average Bonchev–Trinajstić information content (AvgIpc) is 2.84. The molecule has 0 amide bonds. The molecular formula is C23H18N2. The van der Waals surface area contributed by atoms with Gasteiger partial charge >= 0.3 is 0 Å². The lowest BCUT2D eigenvalue weighted by molar-refractivity contribution is 1.31. The number of aryl methyl sites for hydroxylation is 2. The Bertz CT molecular complexity index is 988. The Morgan fingerprint density at radius 3 is 2.28 bits per heavy atom. The van der Waals surface area contributed by atoms with E-state index in [0.29, 0.717) is 17.6 Å². The number of benzene rings is 2. The van der Waals surface area contributed by atoms with Crippen molar-refractivity contribution in [3.05, 3.63) is 94.1 Å². The molecule has 1 aliphatic carbocycles. The minimum absolute atomic E-state index is 0.601. The zero-order valence-corrected chi connectivity index (χ0v) is 14.4. The van der Waals surface area contributed by atoms with Gasteiger partial charge in [-0.15, -0.1) is 0 Å². The smallest absolute Gasteiger partial charge is 0.0998 e. The molecule has 25 heavy (non-hydrogen) atoms. The fourth-order valence-electron chi connectivity index (χ4n) is 3.12. The van der Waals surface area contributed by atoms with Crippen LogP contribution in [-0.2, 0) is 0 Å². The summed E-state index contributed by atoms with van der Waals surface area (Å²) in [5, 5.41) is 18.9. The van der Waals surface area contributed by atoms with E-state index in [1.807, 2.05) is 43.4 Å². The van der Waals surface area contributed by atoms with Crippen molar-refractivity contribution in [2.45, 2.75) is 20.3 Å². The molecule has 0 aromatic heterocycles. The molecule has 0 saturated heterocycles. The summed E-state index contributed by atoms with van der Waals surface area (Å²) in [7, 11) is 0. The summed E-state index contributed by atoms with van der Waals surface area (Å²) in [6.45, 7) is 4.07. The first-order valence-electron chi connectivity index (χ1n) is 8.21. The van der Waals surface area contributed by atoms with Crippen molar-refractivity contribution in [1.29, 1.82) is 10.5 Å². The molecule has 0 heterocycles. The van der Waals surface area contributed by atoms with Crippen molar-refractivity contribution in [3.8, 4) is 12.1 Å². The summed E-state index contributed by atoms with van der Waals surface area (Å²) in [5.74, 6) is 0. The van der Waals surface area contributed by atoms with Crippen LogP contribution in [0.4, 0.5) is 0 Å². The van der Waals surface area contributed by atoms with Crippen LogP contribution in [0.5, 0.6) is 0 Å². The summed E-state index contributed by atoms with van der Waals surface area (Å²) >= 11 is 0. The van der Waals surface area contributed by atoms with E-state index in [0.717, 1.165) is 27.8 Å². The van der Waals surface area contributed by atoms with Crippen LogP contribution in [0, 0.1) is 36.5 Å². The third-order valence-corrected chi connectivity index (χ3v) is 4.44. The Balaban J connectivity index is 2.13. The van der Waals surface area contributed by atoms with E-state index in [2.05, 4.69) is 43.3 Å². The summed E-state index contributed by atoms with van der Waals surface area (Å²) in [6.07, 6.45) is 6.45. The summed E-state index contributed by atoms with van der Waals surface area (Å²) in [5.41, 5.74) is 7.74. The average molecular weight is 322 g/mol. The molecule has 0 N–H and O–H groups in total. The molecule has 1 aliphatic rings. The van der Waals surface area contributed by atoms with Gasteiger partial charge in [-0.2, -0.15) is 10.5 Å². The lowest BCUT2D eigenvalue weighted by Gasteiger charge is -2.14. The van der Waals surface area contributed by atoms with Crippen molar-refractivity contribution >= 4 is 11.1 Å². The maximum Gasteiger partial charge on any atom is 0.0998 e. The number of nitrogens with zero attached hydrogens (tertiary/aromatic N) is 2. The van der Waals surface area contributed by atoms with Gasteiger partial charge in [-0.3, -0.25) is 0 Å². The van der Waals surface area contributed by atoms with Gasteiger partial charge in [0.05, 0.1) is 23.3 Å². The van der Waals surface area contributed by atoms with Crippen molar-refractivity contribution in [3.63, 3.8) is 0 Å². The number of rotatable bonds is 2. The molecule has 0 bridgehead atoms. The predicted octanol–water partition coefficient (Wildman–Crippen LogP) is 5.50. The monoisotopic (exact) mass is 322 g/mol. The second-order valence-electron chi connectivity index (χ2n) is 6.25. The van der Waals surface area contributed by atoms with Gasteiger partial charge in [0.15, 0.2) is 0 Å². The molecule has 120 valence electrons. The highest BCUT2D eigenvalue weighted by Gasteiger charge is 2.16. The number of nitriles is 2. The fraction of sp³-hybridized carbons (Fsp3) is 0.130. The highest BCUT2D eigenvalue weighted by atomic mass is 14.3. The molecule has 0 fully saturated rings. The standard InChI is InChI=1S/C23H18N2/c1-16-6-9-19(10-7-16)20-11-8-18(14-24)12-22(13-20)23-17(2)4-3-5-21(23)15-25/h3-12H,13H2,1-2H3. The lowest BCUT2D eigenvalue weighted by Crippen LogP contribution is -1.96. The van der Waals surface area contributed by atoms with Crippen molar-refractivity contribution in [2.24, 2.45) is 0 Å². The molecule has 0 unspecified atom stereocenters. The van der Waals surface area contributed by atoms with E-state index in [1.54, 1.807) is 0 Å². The van der Waals surface area contributed by atoms with Gasteiger partial charge in [0, 0.05) is 0 Å². The van der Waals surface area contributed by atoms with Crippen LogP contribution >= 0.6 is 0 Å². The predicted molar refractivity (Wildman–Crippen MR) is 101 cm³/mol. The van der Waals surface area contributed by atoms with Gasteiger partial charge in [-0.05, 0) is 66.3 Å². The largest absolute Gasteiger partial charge is 0.192 e. The molecule has 2 nitrogen and oxygen atoms in total. The third-order valence-electron chi connectivity index (χ3n) is 4.44. The van der Waals surface area contributed by atoms with Gasteiger partial charge < -0.3 is 0 Å². The first-order valence-corrected chi connectivity index (χ1v) is 8.21. The number of allylic oxidation sites excluding steroid dienone is 6. The Morgan fingerprint density at radius 1 is 0.840 bits per heavy atom. The maximum atomic E-state index is 9.51. The van der Waals surface area contributed by atoms with Crippen LogP contribution in [0.3, 0.4) is 0 Å². The molecule has 0 radical (unpaired) electrons. The Labute approximate surface area is 148 Å². The Kier molecular flexibility index (Phi) is 4.64. The van der Waals surface area contributed by atoms with Crippen molar-refractivity contribution < 1.29 is 0 Å². The van der Waals surface area contributed by atoms with Gasteiger partial charge in [-0.25, -0.2) is 0 Å². The second-order valence-corrected chi connectivity index (χ2v) is 6.25. The molecule has 2 aromatic rings. The molecule has 2 heteroatoms. The lowest BCUT2D eigenvalue weighted by atomic mass is 9.89. The van der Waals surface area contributed by atoms with Gasteiger partial charge in [0.1, 0.15) is 0 Å². The number of hydrogen-bond acceptors (Lipinski definition) is 2. The van der Waals surface area contributed by atoms with Gasteiger partial charge in [0.25, 0.3) is 0 Å². The van der Waals surface area contributed by atoms with Crippen LogP contribution < -0.4 is 0 Å². The summed E-state index contributed by atoms with van der Waals surface area (Å²) < 4.78 is 0. The van der Waals surface area contributed by atoms with Gasteiger partial charge in [0.2, 0.25) is 0 Å². The molecule has 0 saturated carbocycles. The van der Waals surface area contributed by atoms with Crippen LogP contribution in [0.1, 0.15) is 34.2 Å². The number of hydrogen-bond donors (Lipinski definition) is 0. The fourth-order valence-corrected chi connectivity index (χ4v) is 3.12. The molecule has 3 rings (SSSR count). The van der Waals surface area contributed by atoms with E-state index in [4.69, 9.17) is 0 Å². The van der Waals surface area contributed by atoms with Crippen LogP contribution in [0.15, 0.2) is 66.3 Å². The third kappa shape index (κ3) is 3.44. The van der Waals surface area contributed by atoms with E-state index >= 15 is 0 Å². The quantitative estimate of drug-likeness (QED) is 0.733. The summed E-state index contributed by atoms with van der Waals surface area (Å²) in [4.78, 5) is 0. The molecule has 0 aliphatic heterocycles. The molecule has 0 atom stereocenters. The molecule has 0 spiro atoms. The normalized spacial score (nSPS) is 13.7. The minimum Gasteiger partial charge on any atom is -0.192 e. The Morgan fingerprint density at radius 2 is 1.60 bits per heavy atom. The highest BCUT2D eigenvalue weighted by Crippen LogP contribution is 2.35. The first kappa shape index (κ1) is 16.5. The first-order chi connectivity index (χ1) is 12.1. The highest BCUT2D eigenvalue weighted by molar-refractivity contribution is 5.86. The van der Waals surface area contributed by atoms with E-state index in [1.165, 1.54) is 5.56 Å². The van der Waals surface area contributed by atoms with Crippen LogP contribution in [0.2, 0.25) is 0 Å². The maximum absolute atomic E-state index is 9.51. The minimum atomic E-state index is 0.601. The Hall–Kier alpha value is -3.36. The van der Waals surface area contributed by atoms with Gasteiger partial charge in [-0.1, -0.05) is 48.0 Å². The summed E-state index contributed by atoms with van der Waals surface area (Å²) in [6, 6.07) is 18.7. The van der Waals surface area contributed by atoms with Crippen molar-refractivity contribution in [2.75, 3.05) is 0 Å². The van der Waals surface area contributed by atoms with Crippen molar-refractivity contribution in [1.82, 2.24) is 0 Å². The molecular weight excluding hydrogens is 304 g/mol. The van der Waals surface area contributed by atoms with E-state index in [9.17, 15) is 10.5 Å². The topological polar surface area (TPSA) is 47.6 Å². The zero-order valence-electron chi connectivity index (χ0n) is 14.4. The molecule has 2 aromatic carbocycles. The second kappa shape index (κ2) is 7.04. The van der Waals surface area contributed by atoms with Crippen LogP contribution in [0.25, 0.3) is 11.1 Å². The zero-order chi connectivity index (χ0) is 17.8.